The van der Waals surface area contributed by atoms with Crippen molar-refractivity contribution in [1.29, 1.82) is 0 Å². The van der Waals surface area contributed by atoms with Crippen molar-refractivity contribution in [3.63, 3.8) is 0 Å². The summed E-state index contributed by atoms with van der Waals surface area (Å²) in [6.07, 6.45) is 2.82. The van der Waals surface area contributed by atoms with Crippen molar-refractivity contribution in [2.24, 2.45) is 0 Å². The van der Waals surface area contributed by atoms with Gasteiger partial charge in [-0.05, 0) is 54.8 Å². The number of para-hydroxylation sites is 1. The summed E-state index contributed by atoms with van der Waals surface area (Å²) in [5.74, 6) is 0.703. The second kappa shape index (κ2) is 9.83. The zero-order valence-corrected chi connectivity index (χ0v) is 19.0. The molecule has 1 aromatic carbocycles. The van der Waals surface area contributed by atoms with Gasteiger partial charge < -0.3 is 19.3 Å². The predicted octanol–water partition coefficient (Wildman–Crippen LogP) is 3.59. The first-order valence-electron chi connectivity index (χ1n) is 10.9. The second-order valence-corrected chi connectivity index (χ2v) is 9.26. The number of ether oxygens (including phenoxy) is 2. The average Bonchev–Trinajstić information content (AvgIpc) is 3.44. The van der Waals surface area contributed by atoms with E-state index in [1.165, 1.54) is 11.8 Å². The minimum absolute atomic E-state index is 0.0294. The Bertz CT molecular complexity index is 922. The molecule has 3 heterocycles. The number of nitrogens with zero attached hydrogens (tertiary/aromatic N) is 2. The molecule has 6 nitrogen and oxygen atoms in total. The van der Waals surface area contributed by atoms with E-state index < -0.39 is 0 Å². The van der Waals surface area contributed by atoms with Crippen molar-refractivity contribution in [3.05, 3.63) is 51.7 Å². The highest BCUT2D eigenvalue weighted by molar-refractivity contribution is 7.10. The summed E-state index contributed by atoms with van der Waals surface area (Å²) in [4.78, 5) is 30.4. The highest BCUT2D eigenvalue weighted by Gasteiger charge is 2.34. The van der Waals surface area contributed by atoms with E-state index in [2.05, 4.69) is 11.4 Å². The van der Waals surface area contributed by atoms with Crippen molar-refractivity contribution in [3.8, 4) is 5.75 Å². The molecule has 0 aliphatic carbocycles. The van der Waals surface area contributed by atoms with Gasteiger partial charge in [0, 0.05) is 31.5 Å². The van der Waals surface area contributed by atoms with Crippen LogP contribution < -0.4 is 4.74 Å². The van der Waals surface area contributed by atoms with Crippen LogP contribution in [0.3, 0.4) is 0 Å². The number of hydrogen-bond donors (Lipinski definition) is 0. The maximum atomic E-state index is 13.3. The summed E-state index contributed by atoms with van der Waals surface area (Å²) in [5.41, 5.74) is 2.23. The van der Waals surface area contributed by atoms with Gasteiger partial charge in [-0.1, -0.05) is 18.2 Å². The Balaban J connectivity index is 1.48. The van der Waals surface area contributed by atoms with E-state index >= 15 is 0 Å². The molecule has 0 unspecified atom stereocenters. The fourth-order valence-electron chi connectivity index (χ4n) is 4.35. The molecule has 1 saturated heterocycles. The van der Waals surface area contributed by atoms with Gasteiger partial charge in [0.25, 0.3) is 0 Å². The SMILES string of the molecule is CC(=O)N(CC(=O)N1CCc2sccc2[C@H]1COc1ccccc1C)C[C@H]1CCCO1. The number of rotatable bonds is 7. The Morgan fingerprint density at radius 2 is 2.13 bits per heavy atom. The smallest absolute Gasteiger partial charge is 0.242 e. The van der Waals surface area contributed by atoms with E-state index in [1.54, 1.807) is 16.2 Å². The topological polar surface area (TPSA) is 59.1 Å². The van der Waals surface area contributed by atoms with Crippen LogP contribution in [0.4, 0.5) is 0 Å². The molecule has 0 N–H and O–H groups in total. The van der Waals surface area contributed by atoms with Crippen LogP contribution in [0, 0.1) is 6.92 Å². The number of hydrogen-bond acceptors (Lipinski definition) is 5. The summed E-state index contributed by atoms with van der Waals surface area (Å²) >= 11 is 1.73. The molecule has 1 aromatic heterocycles. The number of aryl methyl sites for hydroxylation is 1. The largest absolute Gasteiger partial charge is 0.491 e. The molecule has 166 valence electrons. The van der Waals surface area contributed by atoms with Crippen LogP contribution in [0.15, 0.2) is 35.7 Å². The summed E-state index contributed by atoms with van der Waals surface area (Å²) in [6, 6.07) is 9.86. The van der Waals surface area contributed by atoms with Crippen LogP contribution in [0.25, 0.3) is 0 Å². The average molecular weight is 443 g/mol. The van der Waals surface area contributed by atoms with Crippen molar-refractivity contribution < 1.29 is 19.1 Å². The number of fused-ring (bicyclic) bond motifs is 1. The maximum absolute atomic E-state index is 13.3. The lowest BCUT2D eigenvalue weighted by Crippen LogP contribution is -2.48. The van der Waals surface area contributed by atoms with Crippen LogP contribution >= 0.6 is 11.3 Å². The molecule has 31 heavy (non-hydrogen) atoms. The molecule has 0 saturated carbocycles. The Morgan fingerprint density at radius 1 is 1.29 bits per heavy atom. The molecule has 2 aromatic rings. The van der Waals surface area contributed by atoms with Crippen LogP contribution in [0.1, 0.15) is 41.8 Å². The molecule has 0 spiro atoms. The lowest BCUT2D eigenvalue weighted by atomic mass is 10.00. The van der Waals surface area contributed by atoms with Gasteiger partial charge in [0.2, 0.25) is 11.8 Å². The van der Waals surface area contributed by atoms with Gasteiger partial charge >= 0.3 is 0 Å². The maximum Gasteiger partial charge on any atom is 0.242 e. The van der Waals surface area contributed by atoms with Crippen molar-refractivity contribution in [2.75, 3.05) is 32.8 Å². The van der Waals surface area contributed by atoms with Crippen LogP contribution in [-0.2, 0) is 20.7 Å². The third-order valence-electron chi connectivity index (χ3n) is 6.12. The number of amides is 2. The first-order chi connectivity index (χ1) is 15.0. The third kappa shape index (κ3) is 5.10. The summed E-state index contributed by atoms with van der Waals surface area (Å²) in [6.45, 7) is 5.86. The Hall–Kier alpha value is -2.38. The molecule has 1 fully saturated rings. The van der Waals surface area contributed by atoms with E-state index in [0.29, 0.717) is 19.7 Å². The lowest BCUT2D eigenvalue weighted by Gasteiger charge is -2.37. The first-order valence-corrected chi connectivity index (χ1v) is 11.8. The van der Waals surface area contributed by atoms with Crippen molar-refractivity contribution >= 4 is 23.2 Å². The van der Waals surface area contributed by atoms with Gasteiger partial charge in [-0.25, -0.2) is 0 Å². The van der Waals surface area contributed by atoms with E-state index in [1.807, 2.05) is 36.1 Å². The highest BCUT2D eigenvalue weighted by Crippen LogP contribution is 2.34. The van der Waals surface area contributed by atoms with Crippen LogP contribution in [0.2, 0.25) is 0 Å². The second-order valence-electron chi connectivity index (χ2n) is 8.26. The number of benzene rings is 1. The van der Waals surface area contributed by atoms with Gasteiger partial charge in [0.1, 0.15) is 12.4 Å². The molecule has 2 amide bonds. The zero-order chi connectivity index (χ0) is 21.8. The molecule has 4 rings (SSSR count). The Labute approximate surface area is 187 Å². The number of carbonyl (C=O) groups excluding carboxylic acids is 2. The fraction of sp³-hybridized carbons (Fsp3) is 0.500. The molecule has 2 aliphatic heterocycles. The molecule has 0 radical (unpaired) electrons. The Morgan fingerprint density at radius 3 is 2.87 bits per heavy atom. The molecule has 0 bridgehead atoms. The van der Waals surface area contributed by atoms with Gasteiger partial charge in [-0.3, -0.25) is 9.59 Å². The fourth-order valence-corrected chi connectivity index (χ4v) is 5.28. The van der Waals surface area contributed by atoms with Gasteiger partial charge in [-0.2, -0.15) is 0 Å². The highest BCUT2D eigenvalue weighted by atomic mass is 32.1. The van der Waals surface area contributed by atoms with Crippen LogP contribution in [0.5, 0.6) is 5.75 Å². The third-order valence-corrected chi connectivity index (χ3v) is 7.12. The summed E-state index contributed by atoms with van der Waals surface area (Å²) < 4.78 is 11.8. The van der Waals surface area contributed by atoms with Gasteiger partial charge in [0.05, 0.1) is 18.7 Å². The monoisotopic (exact) mass is 442 g/mol. The zero-order valence-electron chi connectivity index (χ0n) is 18.2. The summed E-state index contributed by atoms with van der Waals surface area (Å²) in [5, 5.41) is 2.08. The first kappa shape index (κ1) is 21.8. The molecule has 7 heteroatoms. The van der Waals surface area contributed by atoms with Gasteiger partial charge in [0.15, 0.2) is 0 Å². The van der Waals surface area contributed by atoms with E-state index in [0.717, 1.165) is 42.7 Å². The van der Waals surface area contributed by atoms with Crippen LogP contribution in [-0.4, -0.2) is 60.6 Å². The molecule has 2 aliphatic rings. The lowest BCUT2D eigenvalue weighted by molar-refractivity contribution is -0.142. The van der Waals surface area contributed by atoms with E-state index in [4.69, 9.17) is 9.47 Å². The summed E-state index contributed by atoms with van der Waals surface area (Å²) in [7, 11) is 0. The quantitative estimate of drug-likeness (QED) is 0.658. The van der Waals surface area contributed by atoms with Crippen molar-refractivity contribution in [2.45, 2.75) is 45.3 Å². The van der Waals surface area contributed by atoms with E-state index in [-0.39, 0.29) is 30.5 Å². The standard InChI is InChI=1S/C24H30N2O4S/c1-17-6-3-4-8-22(17)30-16-21-20-10-13-31-23(20)9-11-26(21)24(28)15-25(18(2)27)14-19-7-5-12-29-19/h3-4,6,8,10,13,19,21H,5,7,9,11-12,14-16H2,1-2H3/t19-,21-/m1/s1. The molecule has 2 atom stereocenters. The minimum atomic E-state index is -0.154. The predicted molar refractivity (Wildman–Crippen MR) is 120 cm³/mol. The van der Waals surface area contributed by atoms with Crippen molar-refractivity contribution in [1.82, 2.24) is 9.80 Å². The minimum Gasteiger partial charge on any atom is -0.491 e. The molecular weight excluding hydrogens is 412 g/mol. The van der Waals surface area contributed by atoms with E-state index in [9.17, 15) is 9.59 Å². The Kier molecular flexibility index (Phi) is 6.92. The van der Waals surface area contributed by atoms with Gasteiger partial charge in [-0.15, -0.1) is 11.3 Å². The number of thiophene rings is 1. The number of carbonyl (C=O) groups is 2. The molecular formula is C24H30N2O4S. The normalized spacial score (nSPS) is 20.4.